The highest BCUT2D eigenvalue weighted by molar-refractivity contribution is 7.10. The van der Waals surface area contributed by atoms with Crippen molar-refractivity contribution in [3.63, 3.8) is 0 Å². The first-order valence-corrected chi connectivity index (χ1v) is 7.07. The molecule has 0 saturated carbocycles. The molecular weight excluding hydrogens is 301 g/mol. The third-order valence-corrected chi connectivity index (χ3v) is 4.39. The molecule has 1 aliphatic rings. The van der Waals surface area contributed by atoms with Gasteiger partial charge in [0.25, 0.3) is 0 Å². The smallest absolute Gasteiger partial charge is 0.318 e. The van der Waals surface area contributed by atoms with E-state index >= 15 is 0 Å². The molecule has 1 fully saturated rings. The van der Waals surface area contributed by atoms with Crippen molar-refractivity contribution in [3.05, 3.63) is 52.2 Å². The summed E-state index contributed by atoms with van der Waals surface area (Å²) in [6.07, 6.45) is -4.39. The molecule has 2 aromatic rings. The predicted molar refractivity (Wildman–Crippen MR) is 74.0 cm³/mol. The van der Waals surface area contributed by atoms with Crippen LogP contribution in [0.25, 0.3) is 0 Å². The number of anilines is 1. The van der Waals surface area contributed by atoms with Crippen LogP contribution >= 0.6 is 11.3 Å². The molecule has 0 aliphatic carbocycles. The molecule has 1 aromatic heterocycles. The largest absolute Gasteiger partial charge is 0.416 e. The highest BCUT2D eigenvalue weighted by Gasteiger charge is 2.47. The lowest BCUT2D eigenvalue weighted by Gasteiger charge is -2.44. The lowest BCUT2D eigenvalue weighted by atomic mass is 9.93. The van der Waals surface area contributed by atoms with E-state index in [-0.39, 0.29) is 11.9 Å². The number of rotatable bonds is 2. The van der Waals surface area contributed by atoms with E-state index in [1.54, 1.807) is 0 Å². The quantitative estimate of drug-likeness (QED) is 0.866. The van der Waals surface area contributed by atoms with E-state index in [0.717, 1.165) is 17.0 Å². The van der Waals surface area contributed by atoms with Gasteiger partial charge in [-0.1, -0.05) is 6.07 Å². The fourth-order valence-corrected chi connectivity index (χ4v) is 3.24. The van der Waals surface area contributed by atoms with Gasteiger partial charge in [-0.2, -0.15) is 13.2 Å². The number of benzene rings is 1. The van der Waals surface area contributed by atoms with Crippen LogP contribution in [0.1, 0.15) is 16.5 Å². The van der Waals surface area contributed by atoms with Crippen molar-refractivity contribution in [2.24, 2.45) is 5.73 Å². The summed E-state index contributed by atoms with van der Waals surface area (Å²) in [6.45, 7) is 0. The maximum atomic E-state index is 12.6. The van der Waals surface area contributed by atoms with Gasteiger partial charge in [0.2, 0.25) is 5.91 Å². The highest BCUT2D eigenvalue weighted by Crippen LogP contribution is 2.40. The Morgan fingerprint density at radius 2 is 1.81 bits per heavy atom. The Morgan fingerprint density at radius 3 is 2.33 bits per heavy atom. The van der Waals surface area contributed by atoms with Crippen molar-refractivity contribution in [2.75, 3.05) is 4.90 Å². The zero-order chi connectivity index (χ0) is 15.2. The van der Waals surface area contributed by atoms with Crippen molar-refractivity contribution < 1.29 is 18.0 Å². The molecule has 2 atom stereocenters. The van der Waals surface area contributed by atoms with Gasteiger partial charge in [-0.3, -0.25) is 4.79 Å². The Morgan fingerprint density at radius 1 is 1.14 bits per heavy atom. The Bertz CT molecular complexity index is 652. The second-order valence-corrected chi connectivity index (χ2v) is 5.72. The minimum absolute atomic E-state index is 0.284. The summed E-state index contributed by atoms with van der Waals surface area (Å²) in [5, 5.41) is 1.87. The number of thiophene rings is 1. The van der Waals surface area contributed by atoms with Crippen molar-refractivity contribution in [3.8, 4) is 0 Å². The lowest BCUT2D eigenvalue weighted by Crippen LogP contribution is -2.63. The standard InChI is InChI=1S/C14H11F3N2OS/c15-14(16,17)8-3-5-9(6-4-8)19-12(11(18)13(19)20)10-2-1-7-21-10/h1-7,11-12H,18H2. The van der Waals surface area contributed by atoms with E-state index in [9.17, 15) is 18.0 Å². The number of halogens is 3. The minimum atomic E-state index is -4.39. The Kier molecular flexibility index (Phi) is 3.26. The molecule has 1 aliphatic heterocycles. The lowest BCUT2D eigenvalue weighted by molar-refractivity contribution is -0.137. The van der Waals surface area contributed by atoms with Crippen LogP contribution < -0.4 is 10.6 Å². The zero-order valence-electron chi connectivity index (χ0n) is 10.7. The molecule has 110 valence electrons. The van der Waals surface area contributed by atoms with Gasteiger partial charge in [0.05, 0.1) is 11.6 Å². The maximum absolute atomic E-state index is 12.6. The second-order valence-electron chi connectivity index (χ2n) is 4.74. The van der Waals surface area contributed by atoms with Gasteiger partial charge in [0.1, 0.15) is 6.04 Å². The summed E-state index contributed by atoms with van der Waals surface area (Å²) in [4.78, 5) is 14.3. The number of carbonyl (C=O) groups excluding carboxylic acids is 1. The third-order valence-electron chi connectivity index (χ3n) is 3.45. The third kappa shape index (κ3) is 2.32. The van der Waals surface area contributed by atoms with Crippen LogP contribution in [0, 0.1) is 0 Å². The van der Waals surface area contributed by atoms with Gasteiger partial charge in [0, 0.05) is 10.6 Å². The zero-order valence-corrected chi connectivity index (χ0v) is 11.5. The number of nitrogens with zero attached hydrogens (tertiary/aromatic N) is 1. The molecule has 3 rings (SSSR count). The van der Waals surface area contributed by atoms with Crippen molar-refractivity contribution in [2.45, 2.75) is 18.3 Å². The molecule has 1 saturated heterocycles. The monoisotopic (exact) mass is 312 g/mol. The molecule has 21 heavy (non-hydrogen) atoms. The summed E-state index contributed by atoms with van der Waals surface area (Å²) in [5.41, 5.74) is 5.50. The minimum Gasteiger partial charge on any atom is -0.318 e. The van der Waals surface area contributed by atoms with Crippen LogP contribution in [0.15, 0.2) is 41.8 Å². The number of amides is 1. The molecule has 2 N–H and O–H groups in total. The summed E-state index contributed by atoms with van der Waals surface area (Å²) in [5.74, 6) is -0.284. The number of β-lactam (4-membered cyclic amide) rings is 1. The van der Waals surface area contributed by atoms with E-state index in [0.29, 0.717) is 5.69 Å². The summed E-state index contributed by atoms with van der Waals surface area (Å²) >= 11 is 1.46. The molecular formula is C14H11F3N2OS. The molecule has 7 heteroatoms. The fraction of sp³-hybridized carbons (Fsp3) is 0.214. The topological polar surface area (TPSA) is 46.3 Å². The van der Waals surface area contributed by atoms with Gasteiger partial charge in [-0.05, 0) is 35.7 Å². The van der Waals surface area contributed by atoms with Gasteiger partial charge >= 0.3 is 6.18 Å². The second kappa shape index (κ2) is 4.85. The van der Waals surface area contributed by atoms with Gasteiger partial charge in [-0.15, -0.1) is 11.3 Å². The SMILES string of the molecule is NC1C(=O)N(c2ccc(C(F)(F)F)cc2)C1c1cccs1. The van der Waals surface area contributed by atoms with Crippen LogP contribution in [0.4, 0.5) is 18.9 Å². The number of nitrogens with two attached hydrogens (primary N) is 1. The summed E-state index contributed by atoms with van der Waals surface area (Å²) in [7, 11) is 0. The van der Waals surface area contributed by atoms with E-state index in [2.05, 4.69) is 0 Å². The van der Waals surface area contributed by atoms with Crippen molar-refractivity contribution >= 4 is 22.9 Å². The van der Waals surface area contributed by atoms with Gasteiger partial charge < -0.3 is 10.6 Å². The number of hydrogen-bond acceptors (Lipinski definition) is 3. The first kappa shape index (κ1) is 14.1. The molecule has 0 radical (unpaired) electrons. The molecule has 3 nitrogen and oxygen atoms in total. The molecule has 0 spiro atoms. The molecule has 1 aromatic carbocycles. The predicted octanol–water partition coefficient (Wildman–Crippen LogP) is 3.18. The van der Waals surface area contributed by atoms with Crippen LogP contribution in [0.3, 0.4) is 0 Å². The first-order chi connectivity index (χ1) is 9.89. The number of alkyl halides is 3. The van der Waals surface area contributed by atoms with Crippen LogP contribution in [-0.4, -0.2) is 11.9 Å². The van der Waals surface area contributed by atoms with Crippen LogP contribution in [0.5, 0.6) is 0 Å². The molecule has 2 heterocycles. The van der Waals surface area contributed by atoms with E-state index in [1.807, 2.05) is 17.5 Å². The number of hydrogen-bond donors (Lipinski definition) is 1. The van der Waals surface area contributed by atoms with Crippen molar-refractivity contribution in [1.82, 2.24) is 0 Å². The Labute approximate surface area is 122 Å². The van der Waals surface area contributed by atoms with Crippen molar-refractivity contribution in [1.29, 1.82) is 0 Å². The van der Waals surface area contributed by atoms with E-state index < -0.39 is 17.8 Å². The average molecular weight is 312 g/mol. The summed E-state index contributed by atoms with van der Waals surface area (Å²) < 4.78 is 37.7. The highest BCUT2D eigenvalue weighted by atomic mass is 32.1. The average Bonchev–Trinajstić information content (AvgIpc) is 2.96. The van der Waals surface area contributed by atoms with Crippen LogP contribution in [0.2, 0.25) is 0 Å². The normalized spacial score (nSPS) is 22.3. The molecule has 2 unspecified atom stereocenters. The first-order valence-electron chi connectivity index (χ1n) is 6.19. The molecule has 1 amide bonds. The Balaban J connectivity index is 1.90. The molecule has 0 bridgehead atoms. The van der Waals surface area contributed by atoms with Crippen LogP contribution in [-0.2, 0) is 11.0 Å². The van der Waals surface area contributed by atoms with Gasteiger partial charge in [-0.25, -0.2) is 0 Å². The Hall–Kier alpha value is -1.86. The van der Waals surface area contributed by atoms with E-state index in [4.69, 9.17) is 5.73 Å². The fourth-order valence-electron chi connectivity index (χ4n) is 2.37. The summed E-state index contributed by atoms with van der Waals surface area (Å²) in [6, 6.07) is 7.29. The maximum Gasteiger partial charge on any atom is 0.416 e. The number of carbonyl (C=O) groups is 1. The van der Waals surface area contributed by atoms with E-state index in [1.165, 1.54) is 28.4 Å². The van der Waals surface area contributed by atoms with Gasteiger partial charge in [0.15, 0.2) is 0 Å².